The number of aromatic nitrogens is 1. The summed E-state index contributed by atoms with van der Waals surface area (Å²) in [6, 6.07) is 8.64. The van der Waals surface area contributed by atoms with E-state index >= 15 is 0 Å². The number of methoxy groups -OCH3 is 1. The number of aryl methyl sites for hydroxylation is 1. The van der Waals surface area contributed by atoms with Crippen LogP contribution in [0.5, 0.6) is 0 Å². The number of ether oxygens (including phenoxy) is 2. The van der Waals surface area contributed by atoms with Gasteiger partial charge < -0.3 is 14.0 Å². The van der Waals surface area contributed by atoms with E-state index in [1.54, 1.807) is 30.3 Å². The number of esters is 2. The van der Waals surface area contributed by atoms with Crippen LogP contribution in [0.25, 0.3) is 6.08 Å². The van der Waals surface area contributed by atoms with Gasteiger partial charge in [0.15, 0.2) is 6.61 Å². The Morgan fingerprint density at radius 1 is 1.11 bits per heavy atom. The van der Waals surface area contributed by atoms with Crippen LogP contribution in [-0.2, 0) is 14.3 Å². The van der Waals surface area contributed by atoms with Crippen LogP contribution >= 0.6 is 0 Å². The van der Waals surface area contributed by atoms with Crippen molar-refractivity contribution in [2.24, 2.45) is 0 Å². The van der Waals surface area contributed by atoms with E-state index in [0.717, 1.165) is 17.0 Å². The molecule has 6 heteroatoms. The Balaban J connectivity index is 1.95. The number of rotatable bonds is 7. The largest absolute Gasteiger partial charge is 0.465 e. The molecule has 1 heterocycles. The number of benzene rings is 1. The zero-order chi connectivity index (χ0) is 20.8. The summed E-state index contributed by atoms with van der Waals surface area (Å²) in [7, 11) is 1.31. The van der Waals surface area contributed by atoms with Crippen molar-refractivity contribution < 1.29 is 23.9 Å². The molecule has 0 bridgehead atoms. The van der Waals surface area contributed by atoms with Gasteiger partial charge in [0, 0.05) is 29.1 Å². The predicted octanol–water partition coefficient (Wildman–Crippen LogP) is 3.91. The van der Waals surface area contributed by atoms with Crippen molar-refractivity contribution in [1.29, 1.82) is 0 Å². The summed E-state index contributed by atoms with van der Waals surface area (Å²) in [4.78, 5) is 35.7. The zero-order valence-corrected chi connectivity index (χ0v) is 16.8. The number of hydrogen-bond donors (Lipinski definition) is 0. The van der Waals surface area contributed by atoms with Gasteiger partial charge in [-0.2, -0.15) is 0 Å². The minimum absolute atomic E-state index is 0.232. The van der Waals surface area contributed by atoms with Gasteiger partial charge in [0.25, 0.3) is 0 Å². The third-order valence-corrected chi connectivity index (χ3v) is 4.39. The molecule has 0 radical (unpaired) electrons. The quantitative estimate of drug-likeness (QED) is 0.412. The molecule has 0 aliphatic rings. The van der Waals surface area contributed by atoms with E-state index in [2.05, 4.69) is 23.2 Å². The van der Waals surface area contributed by atoms with E-state index in [-0.39, 0.29) is 18.4 Å². The maximum atomic E-state index is 12.4. The summed E-state index contributed by atoms with van der Waals surface area (Å²) in [5.74, 6) is -1.27. The third kappa shape index (κ3) is 4.97. The molecular formula is C22H25NO5. The van der Waals surface area contributed by atoms with Crippen LogP contribution in [0.15, 0.2) is 36.4 Å². The van der Waals surface area contributed by atoms with Crippen LogP contribution in [0, 0.1) is 13.8 Å². The summed E-state index contributed by atoms with van der Waals surface area (Å²) in [6.45, 7) is 7.63. The normalized spacial score (nSPS) is 11.1. The van der Waals surface area contributed by atoms with Crippen LogP contribution in [0.2, 0.25) is 0 Å². The second-order valence-corrected chi connectivity index (χ2v) is 6.73. The predicted molar refractivity (Wildman–Crippen MR) is 106 cm³/mol. The Kier molecular flexibility index (Phi) is 6.93. The molecule has 28 heavy (non-hydrogen) atoms. The fraction of sp³-hybridized carbons (Fsp3) is 0.318. The summed E-state index contributed by atoms with van der Waals surface area (Å²) < 4.78 is 11.8. The molecule has 0 N–H and O–H groups in total. The average molecular weight is 383 g/mol. The first kappa shape index (κ1) is 21.2. The van der Waals surface area contributed by atoms with Gasteiger partial charge in [-0.15, -0.1) is 0 Å². The SMILES string of the molecule is COC(=O)c1ccc(/C=C/C(=O)OCC(=O)c2cc(C)n(C(C)C)c2C)cc1. The molecule has 1 aromatic carbocycles. The van der Waals surface area contributed by atoms with E-state index < -0.39 is 11.9 Å². The molecule has 0 aliphatic heterocycles. The van der Waals surface area contributed by atoms with Gasteiger partial charge in [0.2, 0.25) is 5.78 Å². The lowest BCUT2D eigenvalue weighted by molar-refractivity contribution is -0.136. The molecule has 1 aromatic heterocycles. The number of ketones is 1. The third-order valence-electron chi connectivity index (χ3n) is 4.39. The lowest BCUT2D eigenvalue weighted by Crippen LogP contribution is -2.14. The van der Waals surface area contributed by atoms with Crippen molar-refractivity contribution >= 4 is 23.8 Å². The Labute approximate surface area is 164 Å². The summed E-state index contributed by atoms with van der Waals surface area (Å²) in [5, 5.41) is 0. The lowest BCUT2D eigenvalue weighted by Gasteiger charge is -2.13. The average Bonchev–Trinajstić information content (AvgIpc) is 2.98. The van der Waals surface area contributed by atoms with Gasteiger partial charge in [-0.25, -0.2) is 9.59 Å². The van der Waals surface area contributed by atoms with Gasteiger partial charge in [0.05, 0.1) is 12.7 Å². The maximum Gasteiger partial charge on any atom is 0.337 e. The van der Waals surface area contributed by atoms with Crippen LogP contribution in [0.3, 0.4) is 0 Å². The van der Waals surface area contributed by atoms with Crippen molar-refractivity contribution in [3.8, 4) is 0 Å². The topological polar surface area (TPSA) is 74.6 Å². The molecule has 6 nitrogen and oxygen atoms in total. The maximum absolute atomic E-state index is 12.4. The summed E-state index contributed by atoms with van der Waals surface area (Å²) in [5.41, 5.74) is 3.58. The van der Waals surface area contributed by atoms with E-state index in [1.165, 1.54) is 13.2 Å². The highest BCUT2D eigenvalue weighted by molar-refractivity contribution is 6.00. The number of carbonyl (C=O) groups is 3. The van der Waals surface area contributed by atoms with E-state index in [1.807, 2.05) is 19.9 Å². The van der Waals surface area contributed by atoms with Gasteiger partial charge in [-0.1, -0.05) is 12.1 Å². The summed E-state index contributed by atoms with van der Waals surface area (Å²) in [6.07, 6.45) is 2.80. The molecule has 0 fully saturated rings. The van der Waals surface area contributed by atoms with Crippen LogP contribution < -0.4 is 0 Å². The van der Waals surface area contributed by atoms with Crippen molar-refractivity contribution in [2.45, 2.75) is 33.7 Å². The molecule has 0 saturated carbocycles. The second kappa shape index (κ2) is 9.17. The van der Waals surface area contributed by atoms with Gasteiger partial charge in [-0.3, -0.25) is 4.79 Å². The van der Waals surface area contributed by atoms with Gasteiger partial charge in [-0.05, 0) is 57.5 Å². The molecule has 148 valence electrons. The van der Waals surface area contributed by atoms with Crippen LogP contribution in [0.1, 0.15) is 57.6 Å². The highest BCUT2D eigenvalue weighted by Gasteiger charge is 2.18. The molecule has 0 atom stereocenters. The number of Topliss-reactive ketones (excluding diaryl/α,β-unsaturated/α-hetero) is 1. The van der Waals surface area contributed by atoms with Gasteiger partial charge >= 0.3 is 11.9 Å². The highest BCUT2D eigenvalue weighted by Crippen LogP contribution is 2.20. The molecule has 2 aromatic rings. The zero-order valence-electron chi connectivity index (χ0n) is 16.8. The van der Waals surface area contributed by atoms with E-state index in [4.69, 9.17) is 4.74 Å². The van der Waals surface area contributed by atoms with Gasteiger partial charge in [0.1, 0.15) is 0 Å². The molecule has 0 amide bonds. The first-order valence-corrected chi connectivity index (χ1v) is 8.99. The molecule has 0 saturated heterocycles. The second-order valence-electron chi connectivity index (χ2n) is 6.73. The fourth-order valence-electron chi connectivity index (χ4n) is 3.13. The first-order chi connectivity index (χ1) is 13.2. The number of carbonyl (C=O) groups excluding carboxylic acids is 3. The molecule has 2 rings (SSSR count). The van der Waals surface area contributed by atoms with Crippen molar-refractivity contribution in [3.63, 3.8) is 0 Å². The Hall–Kier alpha value is -3.15. The molecule has 0 spiro atoms. The molecular weight excluding hydrogens is 358 g/mol. The van der Waals surface area contributed by atoms with Crippen molar-refractivity contribution in [1.82, 2.24) is 4.57 Å². The smallest absolute Gasteiger partial charge is 0.337 e. The van der Waals surface area contributed by atoms with E-state index in [9.17, 15) is 14.4 Å². The summed E-state index contributed by atoms with van der Waals surface area (Å²) >= 11 is 0. The number of hydrogen-bond acceptors (Lipinski definition) is 5. The fourth-order valence-corrected chi connectivity index (χ4v) is 3.13. The monoisotopic (exact) mass is 383 g/mol. The minimum Gasteiger partial charge on any atom is -0.465 e. The number of nitrogens with zero attached hydrogens (tertiary/aromatic N) is 1. The minimum atomic E-state index is -0.608. The Bertz CT molecular complexity index is 904. The van der Waals surface area contributed by atoms with Crippen LogP contribution in [-0.4, -0.2) is 36.0 Å². The van der Waals surface area contributed by atoms with Crippen molar-refractivity contribution in [3.05, 3.63) is 64.5 Å². The Morgan fingerprint density at radius 2 is 1.75 bits per heavy atom. The molecule has 0 unspecified atom stereocenters. The standard InChI is InChI=1S/C22H25NO5/c1-14(2)23-15(3)12-19(16(23)4)20(24)13-28-21(25)11-8-17-6-9-18(10-7-17)22(26)27-5/h6-12,14H,13H2,1-5H3/b11-8+. The molecule has 0 aliphatic carbocycles. The lowest BCUT2D eigenvalue weighted by atomic mass is 10.1. The highest BCUT2D eigenvalue weighted by atomic mass is 16.5. The Morgan fingerprint density at radius 3 is 2.29 bits per heavy atom. The van der Waals surface area contributed by atoms with E-state index in [0.29, 0.717) is 11.1 Å². The van der Waals surface area contributed by atoms with Crippen LogP contribution in [0.4, 0.5) is 0 Å². The van der Waals surface area contributed by atoms with Crippen molar-refractivity contribution in [2.75, 3.05) is 13.7 Å². The first-order valence-electron chi connectivity index (χ1n) is 8.99.